The van der Waals surface area contributed by atoms with Crippen molar-refractivity contribution in [3.8, 4) is 0 Å². The number of imidazole rings is 1. The number of carbonyl (C=O) groups is 1. The van der Waals surface area contributed by atoms with E-state index in [0.29, 0.717) is 6.54 Å². The third kappa shape index (κ3) is 2.07. The molecule has 23 heavy (non-hydrogen) atoms. The average molecular weight is 308 g/mol. The number of benzene rings is 1. The van der Waals surface area contributed by atoms with E-state index in [9.17, 15) is 4.79 Å². The normalized spacial score (nSPS) is 14.5. The van der Waals surface area contributed by atoms with Crippen molar-refractivity contribution in [2.24, 2.45) is 0 Å². The zero-order chi connectivity index (χ0) is 16.0. The molecule has 0 radical (unpaired) electrons. The highest BCUT2D eigenvalue weighted by Gasteiger charge is 2.30. The molecular weight excluding hydrogens is 288 g/mol. The Kier molecular flexibility index (Phi) is 3.22. The molecule has 0 bridgehead atoms. The number of amides is 1. The van der Waals surface area contributed by atoms with Gasteiger partial charge in [-0.2, -0.15) is 0 Å². The maximum atomic E-state index is 13.1. The molecule has 1 aliphatic heterocycles. The zero-order valence-electron chi connectivity index (χ0n) is 13.5. The van der Waals surface area contributed by atoms with E-state index in [-0.39, 0.29) is 5.91 Å². The quantitative estimate of drug-likeness (QED) is 0.809. The number of aromatic nitrogens is 3. The van der Waals surface area contributed by atoms with E-state index in [1.807, 2.05) is 24.0 Å². The van der Waals surface area contributed by atoms with Gasteiger partial charge in [0.15, 0.2) is 0 Å². The monoisotopic (exact) mass is 308 g/mol. The molecular formula is C18H20N4O. The number of aryl methyl sites for hydroxylation is 2. The Morgan fingerprint density at radius 2 is 2.13 bits per heavy atom. The first-order valence-corrected chi connectivity index (χ1v) is 8.09. The van der Waals surface area contributed by atoms with Crippen LogP contribution < -0.4 is 0 Å². The van der Waals surface area contributed by atoms with E-state index in [1.54, 1.807) is 6.33 Å². The lowest BCUT2D eigenvalue weighted by Crippen LogP contribution is -2.37. The molecule has 0 fully saturated rings. The minimum absolute atomic E-state index is 0.122. The Labute approximate surface area is 134 Å². The number of nitrogens with one attached hydrogen (secondary N) is 1. The third-order valence-electron chi connectivity index (χ3n) is 4.79. The summed E-state index contributed by atoms with van der Waals surface area (Å²) in [6.07, 6.45) is 2.58. The SMILES string of the molecule is CCn1c2c(c3ccccc31)C(=O)N(Cc1nc[nH]c1C)CC2. The smallest absolute Gasteiger partial charge is 0.256 e. The van der Waals surface area contributed by atoms with E-state index >= 15 is 0 Å². The molecule has 3 aromatic rings. The summed E-state index contributed by atoms with van der Waals surface area (Å²) in [5.41, 5.74) is 5.18. The number of H-pyrrole nitrogens is 1. The van der Waals surface area contributed by atoms with Crippen LogP contribution in [0.25, 0.3) is 10.9 Å². The number of para-hydroxylation sites is 1. The molecule has 0 unspecified atom stereocenters. The van der Waals surface area contributed by atoms with Crippen LogP contribution in [0.3, 0.4) is 0 Å². The van der Waals surface area contributed by atoms with Gasteiger partial charge in [0.1, 0.15) is 0 Å². The number of aromatic amines is 1. The summed E-state index contributed by atoms with van der Waals surface area (Å²) in [6.45, 7) is 6.33. The summed E-state index contributed by atoms with van der Waals surface area (Å²) in [7, 11) is 0. The molecule has 1 aromatic carbocycles. The lowest BCUT2D eigenvalue weighted by molar-refractivity contribution is 0.0725. The van der Waals surface area contributed by atoms with Crippen molar-refractivity contribution < 1.29 is 4.79 Å². The highest BCUT2D eigenvalue weighted by molar-refractivity contribution is 6.09. The Bertz CT molecular complexity index is 890. The van der Waals surface area contributed by atoms with Gasteiger partial charge in [0.2, 0.25) is 0 Å². The van der Waals surface area contributed by atoms with Crippen molar-refractivity contribution in [2.75, 3.05) is 6.54 Å². The van der Waals surface area contributed by atoms with Crippen LogP contribution in [0.5, 0.6) is 0 Å². The molecule has 1 amide bonds. The topological polar surface area (TPSA) is 53.9 Å². The van der Waals surface area contributed by atoms with Crippen molar-refractivity contribution in [2.45, 2.75) is 33.4 Å². The number of rotatable bonds is 3. The first kappa shape index (κ1) is 14.1. The predicted octanol–water partition coefficient (Wildman–Crippen LogP) is 2.89. The molecule has 3 heterocycles. The number of hydrogen-bond acceptors (Lipinski definition) is 2. The zero-order valence-corrected chi connectivity index (χ0v) is 13.5. The lowest BCUT2D eigenvalue weighted by Gasteiger charge is -2.27. The molecule has 0 atom stereocenters. The van der Waals surface area contributed by atoms with E-state index < -0.39 is 0 Å². The van der Waals surface area contributed by atoms with Gasteiger partial charge in [-0.25, -0.2) is 4.98 Å². The first-order chi connectivity index (χ1) is 11.2. The molecule has 0 saturated carbocycles. The van der Waals surface area contributed by atoms with Gasteiger partial charge in [0.25, 0.3) is 5.91 Å². The van der Waals surface area contributed by atoms with Crippen LogP contribution in [0.1, 0.15) is 34.4 Å². The van der Waals surface area contributed by atoms with E-state index in [0.717, 1.165) is 47.4 Å². The van der Waals surface area contributed by atoms with Crippen LogP contribution in [-0.4, -0.2) is 31.9 Å². The number of nitrogens with zero attached hydrogens (tertiary/aromatic N) is 3. The molecule has 4 rings (SSSR count). The minimum atomic E-state index is 0.122. The Balaban J connectivity index is 1.78. The highest BCUT2D eigenvalue weighted by atomic mass is 16.2. The molecule has 0 saturated heterocycles. The summed E-state index contributed by atoms with van der Waals surface area (Å²) in [5.74, 6) is 0.122. The van der Waals surface area contributed by atoms with Crippen molar-refractivity contribution in [1.29, 1.82) is 0 Å². The molecule has 5 nitrogen and oxygen atoms in total. The van der Waals surface area contributed by atoms with Crippen LogP contribution in [0.2, 0.25) is 0 Å². The fourth-order valence-corrected chi connectivity index (χ4v) is 3.59. The molecule has 1 N–H and O–H groups in total. The van der Waals surface area contributed by atoms with Crippen LogP contribution in [0.15, 0.2) is 30.6 Å². The van der Waals surface area contributed by atoms with Gasteiger partial charge in [0, 0.05) is 41.8 Å². The molecule has 118 valence electrons. The van der Waals surface area contributed by atoms with Crippen LogP contribution in [0, 0.1) is 6.92 Å². The number of fused-ring (bicyclic) bond motifs is 3. The van der Waals surface area contributed by atoms with Gasteiger partial charge in [-0.1, -0.05) is 18.2 Å². The summed E-state index contributed by atoms with van der Waals surface area (Å²) < 4.78 is 2.28. The average Bonchev–Trinajstić information content (AvgIpc) is 3.11. The summed E-state index contributed by atoms with van der Waals surface area (Å²) >= 11 is 0. The second-order valence-corrected chi connectivity index (χ2v) is 6.03. The maximum Gasteiger partial charge on any atom is 0.256 e. The summed E-state index contributed by atoms with van der Waals surface area (Å²) in [5, 5.41) is 1.07. The van der Waals surface area contributed by atoms with Crippen LogP contribution in [-0.2, 0) is 19.5 Å². The largest absolute Gasteiger partial charge is 0.348 e. The van der Waals surface area contributed by atoms with E-state index in [2.05, 4.69) is 33.6 Å². The van der Waals surface area contributed by atoms with Crippen LogP contribution >= 0.6 is 0 Å². The van der Waals surface area contributed by atoms with E-state index in [1.165, 1.54) is 5.69 Å². The van der Waals surface area contributed by atoms with Gasteiger partial charge in [-0.3, -0.25) is 4.79 Å². The predicted molar refractivity (Wildman–Crippen MR) is 89.4 cm³/mol. The van der Waals surface area contributed by atoms with Gasteiger partial charge < -0.3 is 14.5 Å². The summed E-state index contributed by atoms with van der Waals surface area (Å²) in [6, 6.07) is 8.20. The van der Waals surface area contributed by atoms with Crippen molar-refractivity contribution in [3.05, 3.63) is 53.2 Å². The second-order valence-electron chi connectivity index (χ2n) is 6.03. The maximum absolute atomic E-state index is 13.1. The summed E-state index contributed by atoms with van der Waals surface area (Å²) in [4.78, 5) is 22.4. The Morgan fingerprint density at radius 3 is 2.87 bits per heavy atom. The van der Waals surface area contributed by atoms with Crippen LogP contribution in [0.4, 0.5) is 0 Å². The molecule has 5 heteroatoms. The first-order valence-electron chi connectivity index (χ1n) is 8.09. The van der Waals surface area contributed by atoms with Crippen molar-refractivity contribution in [3.63, 3.8) is 0 Å². The fraction of sp³-hybridized carbons (Fsp3) is 0.333. The second kappa shape index (κ2) is 5.26. The minimum Gasteiger partial charge on any atom is -0.348 e. The number of carbonyl (C=O) groups excluding carboxylic acids is 1. The molecule has 2 aromatic heterocycles. The Hall–Kier alpha value is -2.56. The van der Waals surface area contributed by atoms with Crippen molar-refractivity contribution in [1.82, 2.24) is 19.4 Å². The molecule has 0 aliphatic carbocycles. The van der Waals surface area contributed by atoms with Crippen molar-refractivity contribution >= 4 is 16.8 Å². The van der Waals surface area contributed by atoms with Gasteiger partial charge in [-0.15, -0.1) is 0 Å². The van der Waals surface area contributed by atoms with E-state index in [4.69, 9.17) is 0 Å². The number of hydrogen-bond donors (Lipinski definition) is 1. The highest BCUT2D eigenvalue weighted by Crippen LogP contribution is 2.31. The molecule has 0 spiro atoms. The lowest BCUT2D eigenvalue weighted by atomic mass is 10.0. The fourth-order valence-electron chi connectivity index (χ4n) is 3.59. The molecule has 1 aliphatic rings. The third-order valence-corrected chi connectivity index (χ3v) is 4.79. The van der Waals surface area contributed by atoms with Gasteiger partial charge >= 0.3 is 0 Å². The Morgan fingerprint density at radius 1 is 1.30 bits per heavy atom. The standard InChI is InChI=1S/C18H20N4O/c1-3-22-15-7-5-4-6-13(15)17-16(22)8-9-21(18(17)23)10-14-12(2)19-11-20-14/h4-7,11H,3,8-10H2,1-2H3,(H,19,20). The van der Waals surface area contributed by atoms with Gasteiger partial charge in [-0.05, 0) is 19.9 Å². The van der Waals surface area contributed by atoms with Gasteiger partial charge in [0.05, 0.1) is 24.1 Å².